The van der Waals surface area contributed by atoms with E-state index in [2.05, 4.69) is 6.07 Å². The lowest BCUT2D eigenvalue weighted by molar-refractivity contribution is -0.147. The molecule has 130 valence electrons. The summed E-state index contributed by atoms with van der Waals surface area (Å²) >= 11 is 0. The van der Waals surface area contributed by atoms with Gasteiger partial charge >= 0.3 is 0 Å². The summed E-state index contributed by atoms with van der Waals surface area (Å²) in [6.45, 7) is 7.55. The predicted octanol–water partition coefficient (Wildman–Crippen LogP) is 2.88. The zero-order valence-electron chi connectivity index (χ0n) is 14.7. The van der Waals surface area contributed by atoms with Crippen molar-refractivity contribution in [2.75, 3.05) is 13.2 Å². The molecule has 0 bridgehead atoms. The molecule has 24 heavy (non-hydrogen) atoms. The van der Waals surface area contributed by atoms with E-state index >= 15 is 0 Å². The zero-order valence-corrected chi connectivity index (χ0v) is 14.7. The topological polar surface area (TPSA) is 62.6 Å². The predicted molar refractivity (Wildman–Crippen MR) is 91.2 cm³/mol. The Bertz CT molecular complexity index is 571. The van der Waals surface area contributed by atoms with Crippen LogP contribution in [-0.2, 0) is 20.8 Å². The molecular weight excluding hydrogens is 304 g/mol. The highest BCUT2D eigenvalue weighted by atomic mass is 16.5. The van der Waals surface area contributed by atoms with Crippen LogP contribution in [0.5, 0.6) is 0 Å². The van der Waals surface area contributed by atoms with Crippen molar-refractivity contribution >= 4 is 5.91 Å². The molecule has 0 radical (unpaired) electrons. The van der Waals surface area contributed by atoms with Crippen LogP contribution in [-0.4, -0.2) is 42.3 Å². The molecule has 1 saturated heterocycles. The number of carbonyl (C=O) groups is 1. The second-order valence-electron chi connectivity index (χ2n) is 6.48. The fourth-order valence-electron chi connectivity index (χ4n) is 2.73. The Balaban J connectivity index is 1.94. The van der Waals surface area contributed by atoms with Crippen molar-refractivity contribution in [1.82, 2.24) is 4.90 Å². The number of hydrogen-bond acceptors (Lipinski definition) is 4. The zero-order chi connectivity index (χ0) is 17.5. The molecule has 0 aliphatic carbocycles. The molecule has 1 aromatic rings. The van der Waals surface area contributed by atoms with E-state index in [1.54, 1.807) is 19.1 Å². The summed E-state index contributed by atoms with van der Waals surface area (Å²) in [4.78, 5) is 14.5. The van der Waals surface area contributed by atoms with E-state index in [1.807, 2.05) is 30.9 Å². The van der Waals surface area contributed by atoms with E-state index in [9.17, 15) is 4.79 Å². The highest BCUT2D eigenvalue weighted by Crippen LogP contribution is 2.15. The van der Waals surface area contributed by atoms with Crippen molar-refractivity contribution < 1.29 is 14.3 Å². The number of nitriles is 1. The minimum Gasteiger partial charge on any atom is -0.376 e. The lowest BCUT2D eigenvalue weighted by atomic mass is 10.1. The summed E-state index contributed by atoms with van der Waals surface area (Å²) in [5.74, 6) is -0.0210. The molecule has 5 nitrogen and oxygen atoms in total. The first kappa shape index (κ1) is 18.4. The Morgan fingerprint density at radius 1 is 1.38 bits per heavy atom. The van der Waals surface area contributed by atoms with E-state index in [1.165, 1.54) is 0 Å². The Morgan fingerprint density at radius 3 is 2.62 bits per heavy atom. The summed E-state index contributed by atoms with van der Waals surface area (Å²) in [6.07, 6.45) is 1.69. The Labute approximate surface area is 144 Å². The number of rotatable bonds is 7. The molecule has 0 aromatic heterocycles. The molecule has 1 heterocycles. The molecule has 5 heteroatoms. The molecular formula is C19H26N2O3. The van der Waals surface area contributed by atoms with E-state index in [-0.39, 0.29) is 18.1 Å². The van der Waals surface area contributed by atoms with Crippen molar-refractivity contribution in [3.63, 3.8) is 0 Å². The van der Waals surface area contributed by atoms with Gasteiger partial charge in [-0.3, -0.25) is 4.79 Å². The minimum absolute atomic E-state index is 0.0210. The summed E-state index contributed by atoms with van der Waals surface area (Å²) in [5.41, 5.74) is 1.62. The summed E-state index contributed by atoms with van der Waals surface area (Å²) in [6, 6.07) is 9.50. The van der Waals surface area contributed by atoms with Crippen molar-refractivity contribution in [1.29, 1.82) is 5.26 Å². The molecule has 1 fully saturated rings. The second-order valence-corrected chi connectivity index (χ2v) is 6.48. The number of nitrogens with zero attached hydrogens (tertiary/aromatic N) is 2. The average molecular weight is 330 g/mol. The third-order valence-corrected chi connectivity index (χ3v) is 4.25. The Morgan fingerprint density at radius 2 is 2.08 bits per heavy atom. The van der Waals surface area contributed by atoms with Gasteiger partial charge in [0.25, 0.3) is 5.91 Å². The normalized spacial score (nSPS) is 18.4. The number of amides is 1. The van der Waals surface area contributed by atoms with Gasteiger partial charge in [-0.05, 0) is 51.3 Å². The smallest absolute Gasteiger partial charge is 0.251 e. The standard InChI is InChI=1S/C19H26N2O3/c1-14(2)21(12-17-8-6-16(11-20)7-9-17)19(22)15(3)24-13-18-5-4-10-23-18/h6-9,14-15,18H,4-5,10,12-13H2,1-3H3. The molecule has 0 saturated carbocycles. The third-order valence-electron chi connectivity index (χ3n) is 4.25. The first-order valence-corrected chi connectivity index (χ1v) is 8.54. The van der Waals surface area contributed by atoms with Crippen LogP contribution in [0.3, 0.4) is 0 Å². The van der Waals surface area contributed by atoms with Crippen molar-refractivity contribution in [3.05, 3.63) is 35.4 Å². The average Bonchev–Trinajstić information content (AvgIpc) is 3.10. The van der Waals surface area contributed by atoms with Gasteiger partial charge in [0.1, 0.15) is 6.10 Å². The molecule has 2 rings (SSSR count). The number of ether oxygens (including phenoxy) is 2. The van der Waals surface area contributed by atoms with Gasteiger partial charge in [-0.15, -0.1) is 0 Å². The van der Waals surface area contributed by atoms with E-state index < -0.39 is 6.10 Å². The van der Waals surface area contributed by atoms with E-state index in [4.69, 9.17) is 14.7 Å². The highest BCUT2D eigenvalue weighted by molar-refractivity contribution is 5.80. The van der Waals surface area contributed by atoms with Crippen LogP contribution in [0.15, 0.2) is 24.3 Å². The number of carbonyl (C=O) groups excluding carboxylic acids is 1. The maximum Gasteiger partial charge on any atom is 0.251 e. The first-order valence-electron chi connectivity index (χ1n) is 8.54. The van der Waals surface area contributed by atoms with E-state index in [0.717, 1.165) is 25.0 Å². The van der Waals surface area contributed by atoms with Crippen LogP contribution in [0.25, 0.3) is 0 Å². The fourth-order valence-corrected chi connectivity index (χ4v) is 2.73. The molecule has 1 aliphatic heterocycles. The molecule has 0 spiro atoms. The minimum atomic E-state index is -0.491. The summed E-state index contributed by atoms with van der Waals surface area (Å²) in [5, 5.41) is 8.87. The van der Waals surface area contributed by atoms with Gasteiger partial charge in [-0.1, -0.05) is 12.1 Å². The SMILES string of the molecule is CC(OCC1CCCO1)C(=O)N(Cc1ccc(C#N)cc1)C(C)C. The van der Waals surface area contributed by atoms with Gasteiger partial charge in [0, 0.05) is 19.2 Å². The summed E-state index contributed by atoms with van der Waals surface area (Å²) < 4.78 is 11.3. The largest absolute Gasteiger partial charge is 0.376 e. The van der Waals surface area contributed by atoms with Gasteiger partial charge in [0.2, 0.25) is 0 Å². The van der Waals surface area contributed by atoms with Crippen LogP contribution in [0, 0.1) is 11.3 Å². The number of hydrogen-bond donors (Lipinski definition) is 0. The summed E-state index contributed by atoms with van der Waals surface area (Å²) in [7, 11) is 0. The quantitative estimate of drug-likeness (QED) is 0.771. The van der Waals surface area contributed by atoms with Crippen molar-refractivity contribution in [2.24, 2.45) is 0 Å². The fraction of sp³-hybridized carbons (Fsp3) is 0.579. The van der Waals surface area contributed by atoms with Gasteiger partial charge < -0.3 is 14.4 Å². The molecule has 1 amide bonds. The third kappa shape index (κ3) is 5.05. The maximum absolute atomic E-state index is 12.7. The molecule has 2 atom stereocenters. The van der Waals surface area contributed by atoms with Gasteiger partial charge in [-0.25, -0.2) is 0 Å². The molecule has 0 N–H and O–H groups in total. The van der Waals surface area contributed by atoms with Crippen LogP contribution >= 0.6 is 0 Å². The van der Waals surface area contributed by atoms with Crippen LogP contribution in [0.2, 0.25) is 0 Å². The van der Waals surface area contributed by atoms with Crippen molar-refractivity contribution in [3.8, 4) is 6.07 Å². The van der Waals surface area contributed by atoms with Crippen LogP contribution in [0.1, 0.15) is 44.7 Å². The van der Waals surface area contributed by atoms with Crippen LogP contribution in [0.4, 0.5) is 0 Å². The maximum atomic E-state index is 12.7. The monoisotopic (exact) mass is 330 g/mol. The number of benzene rings is 1. The van der Waals surface area contributed by atoms with Gasteiger partial charge in [0.15, 0.2) is 0 Å². The van der Waals surface area contributed by atoms with Crippen molar-refractivity contribution in [2.45, 2.75) is 58.4 Å². The lowest BCUT2D eigenvalue weighted by Crippen LogP contribution is -2.43. The lowest BCUT2D eigenvalue weighted by Gasteiger charge is -2.30. The Hall–Kier alpha value is -1.90. The molecule has 1 aliphatic rings. The highest BCUT2D eigenvalue weighted by Gasteiger charge is 2.25. The van der Waals surface area contributed by atoms with Gasteiger partial charge in [0.05, 0.1) is 24.3 Å². The van der Waals surface area contributed by atoms with E-state index in [0.29, 0.717) is 18.7 Å². The second kappa shape index (κ2) is 8.81. The Kier molecular flexibility index (Phi) is 6.77. The van der Waals surface area contributed by atoms with Gasteiger partial charge in [-0.2, -0.15) is 5.26 Å². The molecule has 1 aromatic carbocycles. The van der Waals surface area contributed by atoms with Crippen LogP contribution < -0.4 is 0 Å². The first-order chi connectivity index (χ1) is 11.5. The molecule has 2 unspecified atom stereocenters.